The van der Waals surface area contributed by atoms with Gasteiger partial charge in [-0.1, -0.05) is 0 Å². The van der Waals surface area contributed by atoms with Gasteiger partial charge in [-0.2, -0.15) is 0 Å². The second-order valence-corrected chi connectivity index (χ2v) is 2.70. The molecule has 1 rings (SSSR count). The van der Waals surface area contributed by atoms with Gasteiger partial charge in [0.1, 0.15) is 0 Å². The minimum Gasteiger partial charge on any atom is 0 e. The average molecular weight is 383 g/mol. The molecule has 0 unspecified atom stereocenters. The van der Waals surface area contributed by atoms with Crippen molar-refractivity contribution < 1.29 is 22.4 Å². The monoisotopic (exact) mass is 384 g/mol. The quantitative estimate of drug-likeness (QED) is 0.585. The van der Waals surface area contributed by atoms with E-state index < -0.39 is 0 Å². The Morgan fingerprint density at radius 2 is 1.60 bits per heavy atom. The average Bonchev–Trinajstić information content (AvgIpc) is 1.59. The SMILES string of the molecule is Cc1cc(C)nc([Se])n1.[Au]. The molecule has 1 aromatic heterocycles. The summed E-state index contributed by atoms with van der Waals surface area (Å²) in [5.41, 5.74) is 2.02. The van der Waals surface area contributed by atoms with Gasteiger partial charge in [-0.15, -0.1) is 0 Å². The van der Waals surface area contributed by atoms with Crippen LogP contribution in [-0.4, -0.2) is 26.0 Å². The van der Waals surface area contributed by atoms with Crippen LogP contribution in [-0.2, 0) is 22.4 Å². The molecule has 0 bridgehead atoms. The van der Waals surface area contributed by atoms with Crippen molar-refractivity contribution in [3.8, 4) is 0 Å². The number of hydrogen-bond acceptors (Lipinski definition) is 2. The van der Waals surface area contributed by atoms with E-state index in [4.69, 9.17) is 0 Å². The van der Waals surface area contributed by atoms with Gasteiger partial charge >= 0.3 is 62.0 Å². The third-order valence-corrected chi connectivity index (χ3v) is 1.34. The Hall–Kier alpha value is 0.340. The Bertz CT molecular complexity index is 177. The van der Waals surface area contributed by atoms with Gasteiger partial charge < -0.3 is 0 Å². The standard InChI is InChI=1S/C6H7N2Se.Au/c1-4-3-5(2)8-6(9)7-4;/h3H,1-2H3;. The van der Waals surface area contributed by atoms with Gasteiger partial charge in [0, 0.05) is 22.4 Å². The number of hydrogen-bond donors (Lipinski definition) is 0. The minimum atomic E-state index is 0. The van der Waals surface area contributed by atoms with Gasteiger partial charge in [0.15, 0.2) is 0 Å². The summed E-state index contributed by atoms with van der Waals surface area (Å²) in [7, 11) is 0. The van der Waals surface area contributed by atoms with E-state index in [0.717, 1.165) is 16.1 Å². The second kappa shape index (κ2) is 4.27. The molecule has 2 radical (unpaired) electrons. The zero-order chi connectivity index (χ0) is 6.85. The smallest absolute Gasteiger partial charge is 0 e. The van der Waals surface area contributed by atoms with Gasteiger partial charge in [0.05, 0.1) is 0 Å². The van der Waals surface area contributed by atoms with E-state index in [0.29, 0.717) is 0 Å². The zero-order valence-electron chi connectivity index (χ0n) is 5.68. The molecule has 0 N–H and O–H groups in total. The van der Waals surface area contributed by atoms with Crippen molar-refractivity contribution in [2.24, 2.45) is 0 Å². The van der Waals surface area contributed by atoms with Gasteiger partial charge in [0.2, 0.25) is 0 Å². The molecule has 58 valence electrons. The van der Waals surface area contributed by atoms with E-state index in [1.807, 2.05) is 19.9 Å². The Balaban J connectivity index is 0.000000810. The van der Waals surface area contributed by atoms with Crippen molar-refractivity contribution in [3.05, 3.63) is 17.5 Å². The predicted molar refractivity (Wildman–Crippen MR) is 36.9 cm³/mol. The molecule has 4 heteroatoms. The van der Waals surface area contributed by atoms with Gasteiger partial charge in [0.25, 0.3) is 0 Å². The molecule has 0 aliphatic heterocycles. The number of aryl methyl sites for hydroxylation is 2. The van der Waals surface area contributed by atoms with Gasteiger partial charge in [-0.25, -0.2) is 0 Å². The molecule has 0 saturated carbocycles. The van der Waals surface area contributed by atoms with Crippen molar-refractivity contribution in [2.45, 2.75) is 13.8 Å². The summed E-state index contributed by atoms with van der Waals surface area (Å²) in [5.74, 6) is 0. The van der Waals surface area contributed by atoms with E-state index in [-0.39, 0.29) is 22.4 Å². The number of aromatic nitrogens is 2. The van der Waals surface area contributed by atoms with Crippen LogP contribution in [0.25, 0.3) is 0 Å². The molecule has 0 aliphatic carbocycles. The zero-order valence-corrected chi connectivity index (χ0v) is 9.56. The predicted octanol–water partition coefficient (Wildman–Crippen LogP) is -0.115. The first-order chi connectivity index (χ1) is 4.18. The molecule has 0 amide bonds. The van der Waals surface area contributed by atoms with E-state index >= 15 is 0 Å². The fourth-order valence-corrected chi connectivity index (χ4v) is 1.30. The maximum Gasteiger partial charge on any atom is 0 e. The van der Waals surface area contributed by atoms with Crippen LogP contribution in [0, 0.1) is 13.8 Å². The molecule has 2 nitrogen and oxygen atoms in total. The summed E-state index contributed by atoms with van der Waals surface area (Å²) in [5, 5.41) is 0. The summed E-state index contributed by atoms with van der Waals surface area (Å²) >= 11 is 2.76. The molecule has 1 aromatic rings. The third-order valence-electron chi connectivity index (χ3n) is 0.962. The van der Waals surface area contributed by atoms with Crippen LogP contribution in [0.1, 0.15) is 11.4 Å². The Morgan fingerprint density at radius 3 is 1.90 bits per heavy atom. The molecule has 0 atom stereocenters. The topological polar surface area (TPSA) is 25.8 Å². The van der Waals surface area contributed by atoms with E-state index in [1.165, 1.54) is 0 Å². The van der Waals surface area contributed by atoms with Crippen LogP contribution >= 0.6 is 0 Å². The first-order valence-corrected chi connectivity index (χ1v) is 3.53. The molecule has 0 fully saturated rings. The van der Waals surface area contributed by atoms with Crippen LogP contribution in [0.3, 0.4) is 0 Å². The van der Waals surface area contributed by atoms with Crippen molar-refractivity contribution in [1.82, 2.24) is 9.97 Å². The van der Waals surface area contributed by atoms with Crippen molar-refractivity contribution >= 4 is 20.7 Å². The number of nitrogens with zero attached hydrogens (tertiary/aromatic N) is 2. The first kappa shape index (κ1) is 10.3. The summed E-state index contributed by atoms with van der Waals surface area (Å²) in [6.07, 6.45) is 0. The summed E-state index contributed by atoms with van der Waals surface area (Å²) in [6.45, 7) is 3.91. The van der Waals surface area contributed by atoms with E-state index in [2.05, 4.69) is 26.0 Å². The molecule has 1 heterocycles. The van der Waals surface area contributed by atoms with Gasteiger partial charge in [-0.05, 0) is 0 Å². The second-order valence-electron chi connectivity index (χ2n) is 1.93. The van der Waals surface area contributed by atoms with Crippen molar-refractivity contribution in [3.63, 3.8) is 0 Å². The van der Waals surface area contributed by atoms with Crippen LogP contribution in [0.15, 0.2) is 6.07 Å². The number of rotatable bonds is 0. The van der Waals surface area contributed by atoms with Crippen LogP contribution in [0.4, 0.5) is 0 Å². The summed E-state index contributed by atoms with van der Waals surface area (Å²) in [4.78, 5) is 8.14. The largest absolute Gasteiger partial charge is 0 e. The minimum absolute atomic E-state index is 0. The molecule has 0 saturated heterocycles. The fourth-order valence-electron chi connectivity index (χ4n) is 0.694. The third kappa shape index (κ3) is 2.95. The van der Waals surface area contributed by atoms with Crippen molar-refractivity contribution in [2.75, 3.05) is 0 Å². The van der Waals surface area contributed by atoms with E-state index in [1.54, 1.807) is 0 Å². The van der Waals surface area contributed by atoms with Crippen LogP contribution < -0.4 is 4.72 Å². The molecular formula is C6H7AuN2Se. The maximum atomic E-state index is 4.07. The van der Waals surface area contributed by atoms with Crippen molar-refractivity contribution in [1.29, 1.82) is 0 Å². The normalized spacial score (nSPS) is 8.60. The van der Waals surface area contributed by atoms with Gasteiger partial charge in [-0.3, -0.25) is 0 Å². The molecule has 10 heavy (non-hydrogen) atoms. The molecular weight excluding hydrogens is 376 g/mol. The maximum absolute atomic E-state index is 4.07. The van der Waals surface area contributed by atoms with E-state index in [9.17, 15) is 0 Å². The molecule has 0 aromatic carbocycles. The molecule has 0 spiro atoms. The Morgan fingerprint density at radius 1 is 1.20 bits per heavy atom. The molecule has 0 aliphatic rings. The van der Waals surface area contributed by atoms with Crippen LogP contribution in [0.5, 0.6) is 0 Å². The summed E-state index contributed by atoms with van der Waals surface area (Å²) in [6, 6.07) is 1.95. The van der Waals surface area contributed by atoms with Crippen LogP contribution in [0.2, 0.25) is 0 Å². The summed E-state index contributed by atoms with van der Waals surface area (Å²) < 4.78 is 0.729. The Kier molecular flexibility index (Phi) is 4.41. The Labute approximate surface area is 84.2 Å². The first-order valence-electron chi connectivity index (χ1n) is 2.68. The fraction of sp³-hybridized carbons (Fsp3) is 0.333.